The van der Waals surface area contributed by atoms with Crippen LogP contribution >= 0.6 is 12.6 Å². The molecule has 1 aromatic rings. The van der Waals surface area contributed by atoms with Crippen molar-refractivity contribution in [2.24, 2.45) is 0 Å². The number of benzene rings is 1. The Hall–Kier alpha value is -1.24. The van der Waals surface area contributed by atoms with E-state index < -0.39 is 18.2 Å². The number of ether oxygens (including phenoxy) is 1. The number of aliphatic hydroxyl groups excluding tert-OH is 2. The van der Waals surface area contributed by atoms with Crippen LogP contribution in [0.3, 0.4) is 0 Å². The van der Waals surface area contributed by atoms with E-state index in [1.165, 1.54) is 25.3 Å². The van der Waals surface area contributed by atoms with Gasteiger partial charge in [0.2, 0.25) is 0 Å². The molecular formula is C12H16O5S. The van der Waals surface area contributed by atoms with Gasteiger partial charge in [-0.25, -0.2) is 4.79 Å². The monoisotopic (exact) mass is 272 g/mol. The largest absolute Gasteiger partial charge is 0.508 e. The van der Waals surface area contributed by atoms with Gasteiger partial charge in [-0.3, -0.25) is 0 Å². The highest BCUT2D eigenvalue weighted by atomic mass is 32.1. The summed E-state index contributed by atoms with van der Waals surface area (Å²) in [5.41, 5.74) is 0.287. The van der Waals surface area contributed by atoms with Gasteiger partial charge in [0.1, 0.15) is 11.9 Å². The van der Waals surface area contributed by atoms with E-state index in [4.69, 9.17) is 0 Å². The molecule has 0 bridgehead atoms. The van der Waals surface area contributed by atoms with Crippen LogP contribution in [0.4, 0.5) is 0 Å². The fourth-order valence-corrected chi connectivity index (χ4v) is 1.80. The summed E-state index contributed by atoms with van der Waals surface area (Å²) in [7, 11) is 1.24. The molecule has 0 fully saturated rings. The highest BCUT2D eigenvalue weighted by Gasteiger charge is 2.22. The molecule has 0 heterocycles. The van der Waals surface area contributed by atoms with Crippen molar-refractivity contribution in [1.29, 1.82) is 0 Å². The van der Waals surface area contributed by atoms with E-state index in [1.807, 2.05) is 0 Å². The Bertz CT molecular complexity index is 421. The molecule has 3 N–H and O–H groups in total. The van der Waals surface area contributed by atoms with Gasteiger partial charge in [0.25, 0.3) is 0 Å². The molecule has 0 aliphatic rings. The van der Waals surface area contributed by atoms with Gasteiger partial charge in [0.15, 0.2) is 0 Å². The van der Waals surface area contributed by atoms with Crippen molar-refractivity contribution in [2.75, 3.05) is 12.9 Å². The summed E-state index contributed by atoms with van der Waals surface area (Å²) in [6.07, 6.45) is -2.06. The summed E-state index contributed by atoms with van der Waals surface area (Å²) in [5.74, 6) is -0.365. The van der Waals surface area contributed by atoms with Gasteiger partial charge in [-0.1, -0.05) is 0 Å². The van der Waals surface area contributed by atoms with Crippen molar-refractivity contribution in [3.05, 3.63) is 29.3 Å². The lowest BCUT2D eigenvalue weighted by Gasteiger charge is -2.18. The Kier molecular flexibility index (Phi) is 5.46. The first-order chi connectivity index (χ1) is 8.51. The van der Waals surface area contributed by atoms with Crippen molar-refractivity contribution in [3.63, 3.8) is 0 Å². The van der Waals surface area contributed by atoms with Gasteiger partial charge in [0, 0.05) is 5.56 Å². The lowest BCUT2D eigenvalue weighted by atomic mass is 9.99. The Balaban J connectivity index is 3.03. The van der Waals surface area contributed by atoms with Crippen molar-refractivity contribution < 1.29 is 24.9 Å². The maximum Gasteiger partial charge on any atom is 0.337 e. The zero-order valence-electron chi connectivity index (χ0n) is 9.91. The normalized spacial score (nSPS) is 14.0. The molecule has 5 nitrogen and oxygen atoms in total. The number of esters is 1. The number of rotatable bonds is 5. The first kappa shape index (κ1) is 14.8. The van der Waals surface area contributed by atoms with Crippen molar-refractivity contribution in [3.8, 4) is 5.75 Å². The van der Waals surface area contributed by atoms with Crippen LogP contribution < -0.4 is 0 Å². The molecule has 2 atom stereocenters. The van der Waals surface area contributed by atoms with Crippen molar-refractivity contribution in [2.45, 2.75) is 18.6 Å². The molecule has 6 heteroatoms. The first-order valence-corrected chi connectivity index (χ1v) is 6.02. The number of thiol groups is 1. The fraction of sp³-hybridized carbons (Fsp3) is 0.417. The van der Waals surface area contributed by atoms with Gasteiger partial charge >= 0.3 is 5.97 Å². The van der Waals surface area contributed by atoms with Gasteiger partial charge in [-0.15, -0.1) is 0 Å². The molecule has 1 rings (SSSR count). The van der Waals surface area contributed by atoms with Gasteiger partial charge < -0.3 is 20.1 Å². The molecular weight excluding hydrogens is 256 g/mol. The standard InChI is InChI=1S/C12H16O5S/c1-17-12(16)7-2-3-9(13)8(6-7)11(15)10(14)4-5-18/h2-3,6,10-11,13-15,18H,4-5H2,1H3. The SMILES string of the molecule is COC(=O)c1ccc(O)c(C(O)C(O)CCS)c1. The number of phenols is 1. The number of methoxy groups -OCH3 is 1. The van der Waals surface area contributed by atoms with Gasteiger partial charge in [-0.05, 0) is 30.4 Å². The summed E-state index contributed by atoms with van der Waals surface area (Å²) in [4.78, 5) is 11.3. The Morgan fingerprint density at radius 2 is 2.11 bits per heavy atom. The smallest absolute Gasteiger partial charge is 0.337 e. The zero-order chi connectivity index (χ0) is 13.7. The minimum absolute atomic E-state index is 0.0900. The number of carbonyl (C=O) groups is 1. The Morgan fingerprint density at radius 3 is 2.67 bits per heavy atom. The molecule has 0 saturated carbocycles. The quantitative estimate of drug-likeness (QED) is 0.472. The van der Waals surface area contributed by atoms with Crippen LogP contribution in [0.15, 0.2) is 18.2 Å². The fourth-order valence-electron chi connectivity index (χ4n) is 1.53. The molecule has 0 saturated heterocycles. The average Bonchev–Trinajstić information content (AvgIpc) is 2.37. The maximum atomic E-state index is 11.3. The minimum atomic E-state index is -1.28. The Labute approximate surface area is 110 Å². The second-order valence-electron chi connectivity index (χ2n) is 3.79. The van der Waals surface area contributed by atoms with Crippen LogP contribution in [-0.2, 0) is 4.74 Å². The Morgan fingerprint density at radius 1 is 1.44 bits per heavy atom. The van der Waals surface area contributed by atoms with Crippen LogP contribution in [0, 0.1) is 0 Å². The number of aromatic hydroxyl groups is 1. The molecule has 0 radical (unpaired) electrons. The second-order valence-corrected chi connectivity index (χ2v) is 4.24. The minimum Gasteiger partial charge on any atom is -0.508 e. The third kappa shape index (κ3) is 3.38. The molecule has 0 aliphatic heterocycles. The van der Waals surface area contributed by atoms with Crippen LogP contribution in [0.1, 0.15) is 28.4 Å². The van der Waals surface area contributed by atoms with E-state index in [0.29, 0.717) is 5.75 Å². The molecule has 0 amide bonds. The number of hydrogen-bond acceptors (Lipinski definition) is 6. The van der Waals surface area contributed by atoms with E-state index in [9.17, 15) is 20.1 Å². The molecule has 18 heavy (non-hydrogen) atoms. The summed E-state index contributed by atoms with van der Waals surface area (Å²) in [6, 6.07) is 3.95. The van der Waals surface area contributed by atoms with Crippen LogP contribution in [-0.4, -0.2) is 40.3 Å². The lowest BCUT2D eigenvalue weighted by molar-refractivity contribution is 0.0158. The van der Waals surface area contributed by atoms with E-state index in [0.717, 1.165) is 0 Å². The molecule has 0 aromatic heterocycles. The molecule has 0 spiro atoms. The summed E-state index contributed by atoms with van der Waals surface area (Å²) >= 11 is 3.95. The van der Waals surface area contributed by atoms with Gasteiger partial charge in [-0.2, -0.15) is 12.6 Å². The van der Waals surface area contributed by atoms with E-state index >= 15 is 0 Å². The second kappa shape index (κ2) is 6.63. The number of aliphatic hydroxyl groups is 2. The highest BCUT2D eigenvalue weighted by molar-refractivity contribution is 7.80. The molecule has 2 unspecified atom stereocenters. The molecule has 100 valence electrons. The van der Waals surface area contributed by atoms with Crippen LogP contribution in [0.2, 0.25) is 0 Å². The number of hydrogen-bond donors (Lipinski definition) is 4. The third-order valence-corrected chi connectivity index (χ3v) is 2.81. The zero-order valence-corrected chi connectivity index (χ0v) is 10.8. The first-order valence-electron chi connectivity index (χ1n) is 5.39. The summed E-state index contributed by atoms with van der Waals surface area (Å²) in [5, 5.41) is 29.2. The number of phenolic OH excluding ortho intramolecular Hbond substituents is 1. The van der Waals surface area contributed by atoms with E-state index in [1.54, 1.807) is 0 Å². The number of carbonyl (C=O) groups excluding carboxylic acids is 1. The summed E-state index contributed by atoms with van der Waals surface area (Å²) < 4.78 is 4.54. The summed E-state index contributed by atoms with van der Waals surface area (Å²) in [6.45, 7) is 0. The molecule has 1 aromatic carbocycles. The predicted octanol–water partition coefficient (Wildman–Crippen LogP) is 0.893. The van der Waals surface area contributed by atoms with E-state index in [-0.39, 0.29) is 23.3 Å². The van der Waals surface area contributed by atoms with Gasteiger partial charge in [0.05, 0.1) is 18.8 Å². The predicted molar refractivity (Wildman–Crippen MR) is 68.9 cm³/mol. The highest BCUT2D eigenvalue weighted by Crippen LogP contribution is 2.28. The van der Waals surface area contributed by atoms with Crippen LogP contribution in [0.5, 0.6) is 5.75 Å². The maximum absolute atomic E-state index is 11.3. The topological polar surface area (TPSA) is 87.0 Å². The average molecular weight is 272 g/mol. The van der Waals surface area contributed by atoms with E-state index in [2.05, 4.69) is 17.4 Å². The molecule has 0 aliphatic carbocycles. The van der Waals surface area contributed by atoms with Crippen molar-refractivity contribution in [1.82, 2.24) is 0 Å². The lowest BCUT2D eigenvalue weighted by Crippen LogP contribution is -2.19. The third-order valence-electron chi connectivity index (χ3n) is 2.56. The van der Waals surface area contributed by atoms with Crippen LogP contribution in [0.25, 0.3) is 0 Å². The van der Waals surface area contributed by atoms with Crippen molar-refractivity contribution >= 4 is 18.6 Å².